The Morgan fingerprint density at radius 2 is 2.20 bits per heavy atom. The van der Waals surface area contributed by atoms with Gasteiger partial charge in [-0.15, -0.1) is 0 Å². The zero-order chi connectivity index (χ0) is 11.4. The normalized spacial score (nSPS) is 12.2. The SMILES string of the molecule is CCC(C)Oc1ccc(C(C)=O)c(N)c1. The number of carbonyl (C=O) groups excluding carboxylic acids is 1. The third-order valence-electron chi connectivity index (χ3n) is 2.31. The molecule has 0 aliphatic rings. The van der Waals surface area contributed by atoms with Crippen LogP contribution in [0, 0.1) is 0 Å². The predicted molar refractivity (Wildman–Crippen MR) is 61.2 cm³/mol. The molecular formula is C12H17NO2. The summed E-state index contributed by atoms with van der Waals surface area (Å²) in [6, 6.07) is 5.18. The van der Waals surface area contributed by atoms with Crippen molar-refractivity contribution in [1.82, 2.24) is 0 Å². The molecule has 0 saturated heterocycles. The van der Waals surface area contributed by atoms with Gasteiger partial charge in [0.1, 0.15) is 5.75 Å². The number of ether oxygens (including phenoxy) is 1. The molecule has 0 fully saturated rings. The molecule has 3 nitrogen and oxygen atoms in total. The lowest BCUT2D eigenvalue weighted by molar-refractivity contribution is 0.101. The molecule has 15 heavy (non-hydrogen) atoms. The van der Waals surface area contributed by atoms with Gasteiger partial charge in [-0.2, -0.15) is 0 Å². The zero-order valence-electron chi connectivity index (χ0n) is 9.41. The third-order valence-corrected chi connectivity index (χ3v) is 2.31. The number of rotatable bonds is 4. The highest BCUT2D eigenvalue weighted by Crippen LogP contribution is 2.21. The number of hydrogen-bond donors (Lipinski definition) is 1. The van der Waals surface area contributed by atoms with E-state index in [1.165, 1.54) is 6.92 Å². The highest BCUT2D eigenvalue weighted by molar-refractivity contribution is 5.99. The molecule has 82 valence electrons. The molecular weight excluding hydrogens is 190 g/mol. The van der Waals surface area contributed by atoms with Crippen LogP contribution >= 0.6 is 0 Å². The standard InChI is InChI=1S/C12H17NO2/c1-4-8(2)15-10-5-6-11(9(3)14)12(13)7-10/h5-8H,4,13H2,1-3H3. The van der Waals surface area contributed by atoms with Gasteiger partial charge in [0, 0.05) is 17.3 Å². The molecule has 0 spiro atoms. The average Bonchev–Trinajstić information content (AvgIpc) is 2.17. The lowest BCUT2D eigenvalue weighted by Crippen LogP contribution is -2.10. The van der Waals surface area contributed by atoms with E-state index in [1.807, 2.05) is 6.92 Å². The van der Waals surface area contributed by atoms with Gasteiger partial charge >= 0.3 is 0 Å². The summed E-state index contributed by atoms with van der Waals surface area (Å²) in [7, 11) is 0. The maximum Gasteiger partial charge on any atom is 0.161 e. The van der Waals surface area contributed by atoms with Crippen LogP contribution in [0.25, 0.3) is 0 Å². The Hall–Kier alpha value is -1.51. The number of ketones is 1. The van der Waals surface area contributed by atoms with Crippen LogP contribution in [0.3, 0.4) is 0 Å². The summed E-state index contributed by atoms with van der Waals surface area (Å²) in [6.45, 7) is 5.55. The average molecular weight is 207 g/mol. The number of hydrogen-bond acceptors (Lipinski definition) is 3. The van der Waals surface area contributed by atoms with E-state index >= 15 is 0 Å². The first-order chi connectivity index (χ1) is 7.04. The monoisotopic (exact) mass is 207 g/mol. The lowest BCUT2D eigenvalue weighted by atomic mass is 10.1. The molecule has 0 aliphatic carbocycles. The molecule has 0 saturated carbocycles. The van der Waals surface area contributed by atoms with Crippen molar-refractivity contribution in [3.8, 4) is 5.75 Å². The van der Waals surface area contributed by atoms with Crippen molar-refractivity contribution < 1.29 is 9.53 Å². The fraction of sp³-hybridized carbons (Fsp3) is 0.417. The Bertz CT molecular complexity index is 361. The maximum absolute atomic E-state index is 11.1. The Kier molecular flexibility index (Phi) is 3.72. The Morgan fingerprint density at radius 3 is 2.67 bits per heavy atom. The van der Waals surface area contributed by atoms with Gasteiger partial charge in [0.05, 0.1) is 6.10 Å². The second-order valence-electron chi connectivity index (χ2n) is 3.64. The molecule has 3 heteroatoms. The molecule has 1 rings (SSSR count). The first kappa shape index (κ1) is 11.6. The molecule has 0 radical (unpaired) electrons. The molecule has 1 aromatic carbocycles. The molecule has 0 heterocycles. The maximum atomic E-state index is 11.1. The van der Waals surface area contributed by atoms with E-state index in [9.17, 15) is 4.79 Å². The topological polar surface area (TPSA) is 52.3 Å². The van der Waals surface area contributed by atoms with Crippen LogP contribution < -0.4 is 10.5 Å². The number of nitrogen functional groups attached to an aromatic ring is 1. The summed E-state index contributed by atoms with van der Waals surface area (Å²) in [6.07, 6.45) is 1.10. The van der Waals surface area contributed by atoms with Gasteiger partial charge in [0.25, 0.3) is 0 Å². The van der Waals surface area contributed by atoms with Gasteiger partial charge in [0.15, 0.2) is 5.78 Å². The van der Waals surface area contributed by atoms with Gasteiger partial charge in [-0.1, -0.05) is 6.92 Å². The Balaban J connectivity index is 2.87. The van der Waals surface area contributed by atoms with Gasteiger partial charge in [-0.3, -0.25) is 4.79 Å². The van der Waals surface area contributed by atoms with Crippen molar-refractivity contribution in [2.45, 2.75) is 33.3 Å². The highest BCUT2D eigenvalue weighted by atomic mass is 16.5. The molecule has 1 aromatic rings. The van der Waals surface area contributed by atoms with E-state index < -0.39 is 0 Å². The quantitative estimate of drug-likeness (QED) is 0.610. The van der Waals surface area contributed by atoms with Gasteiger partial charge < -0.3 is 10.5 Å². The summed E-state index contributed by atoms with van der Waals surface area (Å²) in [5.41, 5.74) is 6.76. The number of anilines is 1. The second kappa shape index (κ2) is 4.82. The Labute approximate surface area is 90.2 Å². The molecule has 0 bridgehead atoms. The van der Waals surface area contributed by atoms with Crippen molar-refractivity contribution in [3.05, 3.63) is 23.8 Å². The molecule has 0 amide bonds. The van der Waals surface area contributed by atoms with Crippen molar-refractivity contribution >= 4 is 11.5 Å². The van der Waals surface area contributed by atoms with Gasteiger partial charge in [-0.05, 0) is 32.4 Å². The summed E-state index contributed by atoms with van der Waals surface area (Å²) < 4.78 is 5.59. The number of Topliss-reactive ketones (excluding diaryl/α,β-unsaturated/α-hetero) is 1. The molecule has 0 aromatic heterocycles. The van der Waals surface area contributed by atoms with E-state index in [0.29, 0.717) is 17.0 Å². The van der Waals surface area contributed by atoms with Crippen molar-refractivity contribution in [3.63, 3.8) is 0 Å². The fourth-order valence-electron chi connectivity index (χ4n) is 1.25. The predicted octanol–water partition coefficient (Wildman–Crippen LogP) is 2.65. The van der Waals surface area contributed by atoms with Crippen molar-refractivity contribution in [1.29, 1.82) is 0 Å². The number of carbonyl (C=O) groups is 1. The smallest absolute Gasteiger partial charge is 0.161 e. The minimum Gasteiger partial charge on any atom is -0.491 e. The summed E-state index contributed by atoms with van der Waals surface area (Å²) in [5, 5.41) is 0. The molecule has 1 atom stereocenters. The van der Waals surface area contributed by atoms with Gasteiger partial charge in [0.2, 0.25) is 0 Å². The van der Waals surface area contributed by atoms with E-state index in [-0.39, 0.29) is 11.9 Å². The largest absolute Gasteiger partial charge is 0.491 e. The minimum absolute atomic E-state index is 0.0254. The van der Waals surface area contributed by atoms with E-state index in [4.69, 9.17) is 10.5 Å². The summed E-state index contributed by atoms with van der Waals surface area (Å²) in [4.78, 5) is 11.1. The van der Waals surface area contributed by atoms with Crippen LogP contribution in [0.5, 0.6) is 5.75 Å². The zero-order valence-corrected chi connectivity index (χ0v) is 9.41. The minimum atomic E-state index is -0.0254. The van der Waals surface area contributed by atoms with Crippen LogP contribution in [0.1, 0.15) is 37.6 Å². The fourth-order valence-corrected chi connectivity index (χ4v) is 1.25. The van der Waals surface area contributed by atoms with E-state index in [1.54, 1.807) is 18.2 Å². The Morgan fingerprint density at radius 1 is 1.53 bits per heavy atom. The number of benzene rings is 1. The summed E-state index contributed by atoms with van der Waals surface area (Å²) in [5.74, 6) is 0.689. The highest BCUT2D eigenvalue weighted by Gasteiger charge is 2.07. The molecule has 2 N–H and O–H groups in total. The first-order valence-electron chi connectivity index (χ1n) is 5.11. The third kappa shape index (κ3) is 2.98. The van der Waals surface area contributed by atoms with E-state index in [0.717, 1.165) is 6.42 Å². The second-order valence-corrected chi connectivity index (χ2v) is 3.64. The van der Waals surface area contributed by atoms with Crippen LogP contribution in [-0.2, 0) is 0 Å². The first-order valence-corrected chi connectivity index (χ1v) is 5.11. The van der Waals surface area contributed by atoms with E-state index in [2.05, 4.69) is 6.92 Å². The van der Waals surface area contributed by atoms with Crippen LogP contribution in [0.4, 0.5) is 5.69 Å². The number of nitrogens with two attached hydrogens (primary N) is 1. The summed E-state index contributed by atoms with van der Waals surface area (Å²) >= 11 is 0. The molecule has 0 aliphatic heterocycles. The van der Waals surface area contributed by atoms with Crippen LogP contribution in [0.2, 0.25) is 0 Å². The van der Waals surface area contributed by atoms with Crippen LogP contribution in [0.15, 0.2) is 18.2 Å². The van der Waals surface area contributed by atoms with Crippen molar-refractivity contribution in [2.24, 2.45) is 0 Å². The van der Waals surface area contributed by atoms with Crippen molar-refractivity contribution in [2.75, 3.05) is 5.73 Å². The van der Waals surface area contributed by atoms with Crippen LogP contribution in [-0.4, -0.2) is 11.9 Å². The molecule has 1 unspecified atom stereocenters. The lowest BCUT2D eigenvalue weighted by Gasteiger charge is -2.13. The van der Waals surface area contributed by atoms with Gasteiger partial charge in [-0.25, -0.2) is 0 Å².